The molecule has 0 N–H and O–H groups in total. The zero-order chi connectivity index (χ0) is 18.8. The van der Waals surface area contributed by atoms with Gasteiger partial charge in [0.15, 0.2) is 11.5 Å². The molecule has 0 aliphatic carbocycles. The first-order chi connectivity index (χ1) is 13.1. The molecule has 0 saturated heterocycles. The highest BCUT2D eigenvalue weighted by atomic mass is 16.6. The van der Waals surface area contributed by atoms with Gasteiger partial charge in [-0.1, -0.05) is 0 Å². The molecular weight excluding hydrogens is 342 g/mol. The van der Waals surface area contributed by atoms with Crippen molar-refractivity contribution in [3.63, 3.8) is 0 Å². The number of benzene rings is 1. The molecule has 0 radical (unpaired) electrons. The fourth-order valence-corrected chi connectivity index (χ4v) is 3.27. The van der Waals surface area contributed by atoms with Gasteiger partial charge in [0.25, 0.3) is 0 Å². The van der Waals surface area contributed by atoms with Crippen LogP contribution in [0.25, 0.3) is 11.3 Å². The number of hydrogen-bond donors (Lipinski definition) is 0. The standard InChI is InChI=1S/C20H23N5O2/c1-14(17-6-7-21-13-22-17)24(2)11-16-12-25(3)23-20(16)15-4-5-18-19(10-15)27-9-8-26-18/h4-7,10,12-14H,8-9,11H2,1-3H3. The molecule has 0 spiro atoms. The average Bonchev–Trinajstić information content (AvgIpc) is 3.07. The van der Waals surface area contributed by atoms with Gasteiger partial charge in [-0.2, -0.15) is 5.10 Å². The molecule has 4 rings (SSSR count). The summed E-state index contributed by atoms with van der Waals surface area (Å²) in [4.78, 5) is 10.6. The lowest BCUT2D eigenvalue weighted by Gasteiger charge is -2.24. The summed E-state index contributed by atoms with van der Waals surface area (Å²) < 4.78 is 13.2. The number of aryl methyl sites for hydroxylation is 1. The molecule has 1 aromatic carbocycles. The minimum Gasteiger partial charge on any atom is -0.486 e. The molecule has 1 aliphatic rings. The van der Waals surface area contributed by atoms with Crippen molar-refractivity contribution < 1.29 is 9.47 Å². The fraction of sp³-hybridized carbons (Fsp3) is 0.350. The van der Waals surface area contributed by atoms with E-state index >= 15 is 0 Å². The lowest BCUT2D eigenvalue weighted by Crippen LogP contribution is -2.22. The van der Waals surface area contributed by atoms with Crippen LogP contribution in [0, 0.1) is 0 Å². The van der Waals surface area contributed by atoms with E-state index in [2.05, 4.69) is 40.1 Å². The molecule has 3 heterocycles. The SMILES string of the molecule is CC(c1ccncn1)N(C)Cc1cn(C)nc1-c1ccc2c(c1)OCCO2. The predicted octanol–water partition coefficient (Wildman–Crippen LogP) is 2.84. The number of hydrogen-bond acceptors (Lipinski definition) is 6. The van der Waals surface area contributed by atoms with E-state index < -0.39 is 0 Å². The summed E-state index contributed by atoms with van der Waals surface area (Å²) in [5.74, 6) is 1.56. The maximum Gasteiger partial charge on any atom is 0.162 e. The zero-order valence-electron chi connectivity index (χ0n) is 15.8. The van der Waals surface area contributed by atoms with Crippen LogP contribution in [0.15, 0.2) is 43.0 Å². The summed E-state index contributed by atoms with van der Waals surface area (Å²) in [5.41, 5.74) is 4.13. The van der Waals surface area contributed by atoms with Crippen molar-refractivity contribution in [3.8, 4) is 22.8 Å². The van der Waals surface area contributed by atoms with E-state index in [0.29, 0.717) is 13.2 Å². The zero-order valence-corrected chi connectivity index (χ0v) is 15.8. The second-order valence-corrected chi connectivity index (χ2v) is 6.76. The summed E-state index contributed by atoms with van der Waals surface area (Å²) in [7, 11) is 4.03. The van der Waals surface area contributed by atoms with Crippen LogP contribution in [-0.2, 0) is 13.6 Å². The quantitative estimate of drug-likeness (QED) is 0.693. The highest BCUT2D eigenvalue weighted by Gasteiger charge is 2.19. The topological polar surface area (TPSA) is 65.3 Å². The first-order valence-electron chi connectivity index (χ1n) is 9.00. The van der Waals surface area contributed by atoms with Gasteiger partial charge in [-0.15, -0.1) is 0 Å². The van der Waals surface area contributed by atoms with Gasteiger partial charge in [0.1, 0.15) is 19.5 Å². The smallest absolute Gasteiger partial charge is 0.162 e. The van der Waals surface area contributed by atoms with Crippen LogP contribution in [0.1, 0.15) is 24.2 Å². The van der Waals surface area contributed by atoms with Crippen LogP contribution in [0.4, 0.5) is 0 Å². The summed E-state index contributed by atoms with van der Waals surface area (Å²) in [5, 5.41) is 4.68. The Balaban J connectivity index is 1.60. The predicted molar refractivity (Wildman–Crippen MR) is 102 cm³/mol. The minimum absolute atomic E-state index is 0.168. The van der Waals surface area contributed by atoms with Gasteiger partial charge in [-0.05, 0) is 38.2 Å². The van der Waals surface area contributed by atoms with Gasteiger partial charge < -0.3 is 9.47 Å². The Morgan fingerprint density at radius 1 is 1.19 bits per heavy atom. The molecule has 2 aromatic heterocycles. The number of ether oxygens (including phenoxy) is 2. The van der Waals surface area contributed by atoms with Crippen molar-refractivity contribution in [2.24, 2.45) is 7.05 Å². The first-order valence-corrected chi connectivity index (χ1v) is 9.00. The first kappa shape index (κ1) is 17.5. The van der Waals surface area contributed by atoms with Gasteiger partial charge >= 0.3 is 0 Å². The van der Waals surface area contributed by atoms with Gasteiger partial charge in [-0.25, -0.2) is 9.97 Å². The molecule has 1 unspecified atom stereocenters. The third-order valence-electron chi connectivity index (χ3n) is 4.83. The Morgan fingerprint density at radius 2 is 2.00 bits per heavy atom. The summed E-state index contributed by atoms with van der Waals surface area (Å²) in [6.45, 7) is 4.06. The molecule has 1 aliphatic heterocycles. The Kier molecular flexibility index (Phi) is 4.77. The molecule has 0 amide bonds. The molecule has 140 valence electrons. The highest BCUT2D eigenvalue weighted by molar-refractivity contribution is 5.66. The number of rotatable bonds is 5. The van der Waals surface area contributed by atoms with Gasteiger partial charge in [0, 0.05) is 43.2 Å². The van der Waals surface area contributed by atoms with E-state index in [1.54, 1.807) is 12.5 Å². The van der Waals surface area contributed by atoms with Crippen LogP contribution in [-0.4, -0.2) is 44.9 Å². The summed E-state index contributed by atoms with van der Waals surface area (Å²) >= 11 is 0. The molecule has 7 nitrogen and oxygen atoms in total. The van der Waals surface area contributed by atoms with E-state index in [-0.39, 0.29) is 6.04 Å². The molecule has 0 saturated carbocycles. The van der Waals surface area contributed by atoms with E-state index in [9.17, 15) is 0 Å². The van der Waals surface area contributed by atoms with Crippen LogP contribution in [0.2, 0.25) is 0 Å². The molecule has 27 heavy (non-hydrogen) atoms. The van der Waals surface area contributed by atoms with Crippen LogP contribution < -0.4 is 9.47 Å². The molecule has 0 fully saturated rings. The Labute approximate surface area is 158 Å². The van der Waals surface area contributed by atoms with Crippen molar-refractivity contribution >= 4 is 0 Å². The summed E-state index contributed by atoms with van der Waals surface area (Å²) in [6.07, 6.45) is 5.43. The molecular formula is C20H23N5O2. The van der Waals surface area contributed by atoms with Crippen LogP contribution in [0.5, 0.6) is 11.5 Å². The number of fused-ring (bicyclic) bond motifs is 1. The second-order valence-electron chi connectivity index (χ2n) is 6.76. The summed E-state index contributed by atoms with van der Waals surface area (Å²) in [6, 6.07) is 8.12. The largest absolute Gasteiger partial charge is 0.486 e. The van der Waals surface area contributed by atoms with Crippen molar-refractivity contribution in [1.82, 2.24) is 24.6 Å². The van der Waals surface area contributed by atoms with Gasteiger partial charge in [0.05, 0.1) is 11.4 Å². The van der Waals surface area contributed by atoms with E-state index in [1.165, 1.54) is 0 Å². The van der Waals surface area contributed by atoms with Gasteiger partial charge in [0.2, 0.25) is 0 Å². The van der Waals surface area contributed by atoms with Crippen molar-refractivity contribution in [2.45, 2.75) is 19.5 Å². The van der Waals surface area contributed by atoms with Crippen molar-refractivity contribution in [3.05, 3.63) is 54.2 Å². The third kappa shape index (κ3) is 3.64. The Bertz CT molecular complexity index is 925. The van der Waals surface area contributed by atoms with Crippen LogP contribution >= 0.6 is 0 Å². The third-order valence-corrected chi connectivity index (χ3v) is 4.83. The van der Waals surface area contributed by atoms with Crippen molar-refractivity contribution in [1.29, 1.82) is 0 Å². The maximum atomic E-state index is 5.73. The normalized spacial score (nSPS) is 14.4. The lowest BCUT2D eigenvalue weighted by atomic mass is 10.1. The maximum absolute atomic E-state index is 5.73. The average molecular weight is 365 g/mol. The minimum atomic E-state index is 0.168. The van der Waals surface area contributed by atoms with E-state index in [0.717, 1.165) is 40.6 Å². The Morgan fingerprint density at radius 3 is 2.78 bits per heavy atom. The molecule has 0 bridgehead atoms. The number of nitrogens with zero attached hydrogens (tertiary/aromatic N) is 5. The fourth-order valence-electron chi connectivity index (χ4n) is 3.27. The van der Waals surface area contributed by atoms with E-state index in [4.69, 9.17) is 9.47 Å². The number of aromatic nitrogens is 4. The molecule has 1 atom stereocenters. The Hall–Kier alpha value is -2.93. The molecule has 3 aromatic rings. The lowest BCUT2D eigenvalue weighted by molar-refractivity contribution is 0.171. The molecule has 7 heteroatoms. The highest BCUT2D eigenvalue weighted by Crippen LogP contribution is 2.35. The van der Waals surface area contributed by atoms with Gasteiger partial charge in [-0.3, -0.25) is 9.58 Å². The van der Waals surface area contributed by atoms with E-state index in [1.807, 2.05) is 36.0 Å². The monoisotopic (exact) mass is 365 g/mol. The van der Waals surface area contributed by atoms with Crippen LogP contribution in [0.3, 0.4) is 0 Å². The second kappa shape index (κ2) is 7.36. The van der Waals surface area contributed by atoms with Crippen molar-refractivity contribution in [2.75, 3.05) is 20.3 Å².